The Hall–Kier alpha value is -1.29. The van der Waals surface area contributed by atoms with Crippen LogP contribution in [0, 0.1) is 12.8 Å². The van der Waals surface area contributed by atoms with Gasteiger partial charge in [-0.2, -0.15) is 0 Å². The van der Waals surface area contributed by atoms with E-state index in [1.807, 2.05) is 26.0 Å². The smallest absolute Gasteiger partial charge is 0.220 e. The first-order valence-corrected chi connectivity index (χ1v) is 5.71. The summed E-state index contributed by atoms with van der Waals surface area (Å²) in [5, 5.41) is 6.10. The normalized spacial score (nSPS) is 17.9. The molecule has 1 unspecified atom stereocenters. The third-order valence-electron chi connectivity index (χ3n) is 2.91. The van der Waals surface area contributed by atoms with Crippen LogP contribution in [-0.4, -0.2) is 19.0 Å². The van der Waals surface area contributed by atoms with E-state index in [0.717, 1.165) is 24.6 Å². The van der Waals surface area contributed by atoms with Gasteiger partial charge >= 0.3 is 0 Å². The van der Waals surface area contributed by atoms with Crippen molar-refractivity contribution in [3.8, 4) is 0 Å². The van der Waals surface area contributed by atoms with Crippen LogP contribution in [0.4, 0.5) is 0 Å². The molecule has 1 fully saturated rings. The molecule has 0 aliphatic carbocycles. The van der Waals surface area contributed by atoms with Gasteiger partial charge in [-0.3, -0.25) is 4.79 Å². The minimum Gasteiger partial charge on any atom is -0.464 e. The average molecular weight is 222 g/mol. The zero-order chi connectivity index (χ0) is 11.5. The number of carbonyl (C=O) groups excluding carboxylic acids is 1. The van der Waals surface area contributed by atoms with E-state index in [4.69, 9.17) is 4.42 Å². The monoisotopic (exact) mass is 222 g/mol. The molecule has 16 heavy (non-hydrogen) atoms. The molecular weight excluding hydrogens is 204 g/mol. The average Bonchev–Trinajstić information content (AvgIpc) is 2.58. The maximum Gasteiger partial charge on any atom is 0.220 e. The van der Waals surface area contributed by atoms with Gasteiger partial charge in [0.05, 0.1) is 6.04 Å². The second-order valence-corrected chi connectivity index (χ2v) is 4.47. The largest absolute Gasteiger partial charge is 0.464 e. The van der Waals surface area contributed by atoms with Crippen molar-refractivity contribution >= 4 is 5.91 Å². The van der Waals surface area contributed by atoms with Crippen LogP contribution in [0.2, 0.25) is 0 Å². The Morgan fingerprint density at radius 3 is 2.88 bits per heavy atom. The Morgan fingerprint density at radius 2 is 2.38 bits per heavy atom. The van der Waals surface area contributed by atoms with E-state index in [0.29, 0.717) is 12.3 Å². The van der Waals surface area contributed by atoms with Crippen LogP contribution in [0.1, 0.15) is 30.9 Å². The minimum atomic E-state index is -0.0470. The van der Waals surface area contributed by atoms with Crippen LogP contribution in [0.25, 0.3) is 0 Å². The fourth-order valence-electron chi connectivity index (χ4n) is 1.81. The van der Waals surface area contributed by atoms with Crippen LogP contribution in [0.5, 0.6) is 0 Å². The number of rotatable bonds is 4. The van der Waals surface area contributed by atoms with Gasteiger partial charge in [0.1, 0.15) is 11.5 Å². The summed E-state index contributed by atoms with van der Waals surface area (Å²) in [7, 11) is 0. The number of hydrogen-bond acceptors (Lipinski definition) is 3. The van der Waals surface area contributed by atoms with Crippen molar-refractivity contribution in [1.29, 1.82) is 0 Å². The van der Waals surface area contributed by atoms with Gasteiger partial charge in [0.25, 0.3) is 0 Å². The lowest BCUT2D eigenvalue weighted by atomic mass is 9.99. The molecule has 1 saturated heterocycles. The molecule has 2 N–H and O–H groups in total. The lowest BCUT2D eigenvalue weighted by Crippen LogP contribution is -2.44. The first-order chi connectivity index (χ1) is 7.65. The number of aryl methyl sites for hydroxylation is 1. The van der Waals surface area contributed by atoms with Crippen molar-refractivity contribution < 1.29 is 9.21 Å². The van der Waals surface area contributed by atoms with Gasteiger partial charge in [-0.25, -0.2) is 0 Å². The fraction of sp³-hybridized carbons (Fsp3) is 0.583. The third kappa shape index (κ3) is 2.64. The van der Waals surface area contributed by atoms with E-state index in [1.54, 1.807) is 0 Å². The van der Waals surface area contributed by atoms with Crippen molar-refractivity contribution in [3.05, 3.63) is 23.7 Å². The molecule has 0 radical (unpaired) electrons. The molecule has 0 saturated carbocycles. The predicted molar refractivity (Wildman–Crippen MR) is 61.0 cm³/mol. The molecule has 1 amide bonds. The summed E-state index contributed by atoms with van der Waals surface area (Å²) in [5.41, 5.74) is 0. The molecule has 2 rings (SSSR count). The number of nitrogens with one attached hydrogen (secondary N) is 2. The lowest BCUT2D eigenvalue weighted by Gasteiger charge is -2.26. The molecule has 2 heterocycles. The van der Waals surface area contributed by atoms with Crippen LogP contribution in [0.15, 0.2) is 16.5 Å². The van der Waals surface area contributed by atoms with Crippen LogP contribution in [-0.2, 0) is 4.79 Å². The summed E-state index contributed by atoms with van der Waals surface area (Å²) in [5.74, 6) is 2.30. The summed E-state index contributed by atoms with van der Waals surface area (Å²) in [6.45, 7) is 5.76. The number of amides is 1. The maximum absolute atomic E-state index is 11.7. The van der Waals surface area contributed by atoms with E-state index in [-0.39, 0.29) is 11.9 Å². The SMILES string of the molecule is Cc1ccc(C(C)NC(=O)CC2CNC2)o1. The second kappa shape index (κ2) is 4.70. The van der Waals surface area contributed by atoms with Gasteiger partial charge in [-0.05, 0) is 45.0 Å². The van der Waals surface area contributed by atoms with Gasteiger partial charge in [0, 0.05) is 6.42 Å². The molecule has 0 spiro atoms. The van der Waals surface area contributed by atoms with Crippen LogP contribution >= 0.6 is 0 Å². The Kier molecular flexibility index (Phi) is 3.29. The van der Waals surface area contributed by atoms with Crippen LogP contribution in [0.3, 0.4) is 0 Å². The highest BCUT2D eigenvalue weighted by molar-refractivity contribution is 5.76. The van der Waals surface area contributed by atoms with E-state index in [1.165, 1.54) is 0 Å². The molecule has 1 aromatic rings. The maximum atomic E-state index is 11.7. The Morgan fingerprint density at radius 1 is 1.62 bits per heavy atom. The standard InChI is InChI=1S/C12H18N2O2/c1-8-3-4-11(16-8)9(2)14-12(15)5-10-6-13-7-10/h3-4,9-10,13H,5-7H2,1-2H3,(H,14,15). The van der Waals surface area contributed by atoms with Crippen molar-refractivity contribution in [3.63, 3.8) is 0 Å². The quantitative estimate of drug-likeness (QED) is 0.809. The minimum absolute atomic E-state index is 0.0470. The van der Waals surface area contributed by atoms with E-state index >= 15 is 0 Å². The molecule has 4 nitrogen and oxygen atoms in total. The highest BCUT2D eigenvalue weighted by Crippen LogP contribution is 2.16. The first-order valence-electron chi connectivity index (χ1n) is 5.71. The van der Waals surface area contributed by atoms with E-state index in [2.05, 4.69) is 10.6 Å². The Labute approximate surface area is 95.4 Å². The molecular formula is C12H18N2O2. The second-order valence-electron chi connectivity index (χ2n) is 4.47. The number of hydrogen-bond donors (Lipinski definition) is 2. The third-order valence-corrected chi connectivity index (χ3v) is 2.91. The van der Waals surface area contributed by atoms with E-state index in [9.17, 15) is 4.79 Å². The Bertz CT molecular complexity index is 369. The highest BCUT2D eigenvalue weighted by Gasteiger charge is 2.21. The lowest BCUT2D eigenvalue weighted by molar-refractivity contribution is -0.123. The summed E-state index contributed by atoms with van der Waals surface area (Å²) in [6.07, 6.45) is 0.608. The zero-order valence-corrected chi connectivity index (χ0v) is 9.75. The molecule has 1 atom stereocenters. The van der Waals surface area contributed by atoms with Gasteiger partial charge in [-0.1, -0.05) is 0 Å². The van der Waals surface area contributed by atoms with Crippen molar-refractivity contribution in [1.82, 2.24) is 10.6 Å². The van der Waals surface area contributed by atoms with Crippen LogP contribution < -0.4 is 10.6 Å². The molecule has 1 aliphatic rings. The molecule has 1 aliphatic heterocycles. The van der Waals surface area contributed by atoms with Crippen molar-refractivity contribution in [2.24, 2.45) is 5.92 Å². The topological polar surface area (TPSA) is 54.3 Å². The zero-order valence-electron chi connectivity index (χ0n) is 9.75. The van der Waals surface area contributed by atoms with Gasteiger partial charge in [0.2, 0.25) is 5.91 Å². The summed E-state index contributed by atoms with van der Waals surface area (Å²) in [4.78, 5) is 11.7. The van der Waals surface area contributed by atoms with E-state index < -0.39 is 0 Å². The fourth-order valence-corrected chi connectivity index (χ4v) is 1.81. The summed E-state index contributed by atoms with van der Waals surface area (Å²) < 4.78 is 5.46. The molecule has 0 aromatic carbocycles. The summed E-state index contributed by atoms with van der Waals surface area (Å²) in [6, 6.07) is 3.77. The van der Waals surface area contributed by atoms with Gasteiger partial charge in [-0.15, -0.1) is 0 Å². The Balaban J connectivity index is 1.81. The number of carbonyl (C=O) groups is 1. The highest BCUT2D eigenvalue weighted by atomic mass is 16.3. The first kappa shape index (κ1) is 11.2. The van der Waals surface area contributed by atoms with Gasteiger partial charge < -0.3 is 15.1 Å². The number of furan rings is 1. The van der Waals surface area contributed by atoms with Gasteiger partial charge in [0.15, 0.2) is 0 Å². The molecule has 4 heteroatoms. The predicted octanol–water partition coefficient (Wildman–Crippen LogP) is 1.37. The molecule has 1 aromatic heterocycles. The molecule has 88 valence electrons. The van der Waals surface area contributed by atoms with Crippen molar-refractivity contribution in [2.45, 2.75) is 26.3 Å². The molecule has 0 bridgehead atoms. The van der Waals surface area contributed by atoms with Crippen molar-refractivity contribution in [2.75, 3.05) is 13.1 Å². The summed E-state index contributed by atoms with van der Waals surface area (Å²) >= 11 is 0.